The average Bonchev–Trinajstić information content (AvgIpc) is 2.35. The van der Waals surface area contributed by atoms with Crippen LogP contribution in [0, 0.1) is 0 Å². The van der Waals surface area contributed by atoms with Gasteiger partial charge < -0.3 is 14.4 Å². The maximum Gasteiger partial charge on any atom is 0.348 e. The van der Waals surface area contributed by atoms with E-state index in [1.807, 2.05) is 52.0 Å². The molecule has 0 aliphatic carbocycles. The minimum Gasteiger partial charge on any atom is -0.341 e. The molecule has 1 aromatic rings. The summed E-state index contributed by atoms with van der Waals surface area (Å²) in [5.41, 5.74) is 1.77. The highest BCUT2D eigenvalue weighted by molar-refractivity contribution is 8.26. The molecule has 1 atom stereocenters. The Bertz CT molecular complexity index is 563. The van der Waals surface area contributed by atoms with Crippen molar-refractivity contribution in [2.24, 2.45) is 0 Å². The van der Waals surface area contributed by atoms with Gasteiger partial charge in [0.15, 0.2) is 0 Å². The van der Waals surface area contributed by atoms with Gasteiger partial charge in [0.25, 0.3) is 0 Å². The van der Waals surface area contributed by atoms with Crippen molar-refractivity contribution in [1.29, 1.82) is 0 Å². The van der Waals surface area contributed by atoms with Crippen molar-refractivity contribution in [3.63, 3.8) is 0 Å². The molecule has 2 rings (SSSR count). The molecule has 7 heteroatoms. The van der Waals surface area contributed by atoms with Crippen molar-refractivity contribution in [2.75, 3.05) is 5.32 Å². The Hall–Kier alpha value is -0.390. The maximum absolute atomic E-state index is 13.3. The largest absolute Gasteiger partial charge is 0.348 e. The van der Waals surface area contributed by atoms with Gasteiger partial charge in [-0.15, -0.1) is 0 Å². The Morgan fingerprint density at radius 3 is 2.33 bits per heavy atom. The normalized spacial score (nSPS) is 18.8. The summed E-state index contributed by atoms with van der Waals surface area (Å²) in [5.74, 6) is 0. The number of fused-ring (bicyclic) bond motifs is 1. The van der Waals surface area contributed by atoms with E-state index in [1.54, 1.807) is 0 Å². The molecule has 1 aliphatic heterocycles. The van der Waals surface area contributed by atoms with E-state index in [4.69, 9.17) is 21.3 Å². The highest BCUT2D eigenvalue weighted by Gasteiger charge is 2.43. The van der Waals surface area contributed by atoms with Crippen LogP contribution in [-0.2, 0) is 13.6 Å². The molecule has 21 heavy (non-hydrogen) atoms. The second-order valence-electron chi connectivity index (χ2n) is 5.32. The molecule has 1 aliphatic rings. The van der Waals surface area contributed by atoms with Gasteiger partial charge >= 0.3 is 7.60 Å². The van der Waals surface area contributed by atoms with Gasteiger partial charge in [0, 0.05) is 11.3 Å². The van der Waals surface area contributed by atoms with Crippen molar-refractivity contribution >= 4 is 41.6 Å². The fraction of sp³-hybridized carbons (Fsp3) is 0.500. The fourth-order valence-corrected chi connectivity index (χ4v) is 6.55. The third-order valence-corrected chi connectivity index (χ3v) is 7.24. The van der Waals surface area contributed by atoms with E-state index in [0.29, 0.717) is 4.32 Å². The second-order valence-corrected chi connectivity index (χ2v) is 9.47. The van der Waals surface area contributed by atoms with E-state index in [2.05, 4.69) is 5.32 Å². The molecule has 1 aromatic carbocycles. The first-order chi connectivity index (χ1) is 9.82. The molecule has 0 fully saturated rings. The van der Waals surface area contributed by atoms with Crippen LogP contribution in [0.15, 0.2) is 24.3 Å². The van der Waals surface area contributed by atoms with Crippen molar-refractivity contribution in [2.45, 2.75) is 44.9 Å². The Kier molecular flexibility index (Phi) is 5.49. The Balaban J connectivity index is 2.45. The molecule has 0 saturated heterocycles. The van der Waals surface area contributed by atoms with E-state index >= 15 is 0 Å². The van der Waals surface area contributed by atoms with E-state index < -0.39 is 12.6 Å². The first-order valence-corrected chi connectivity index (χ1v) is 9.75. The smallest absolute Gasteiger partial charge is 0.341 e. The van der Waals surface area contributed by atoms with Crippen molar-refractivity contribution in [3.8, 4) is 0 Å². The molecule has 0 amide bonds. The highest BCUT2D eigenvalue weighted by atomic mass is 32.2. The van der Waals surface area contributed by atoms with Gasteiger partial charge in [-0.1, -0.05) is 42.2 Å². The Labute approximate surface area is 135 Å². The summed E-state index contributed by atoms with van der Waals surface area (Å²) >= 11 is 6.60. The number of hydrogen-bond acceptors (Lipinski definition) is 5. The predicted molar refractivity (Wildman–Crippen MR) is 93.0 cm³/mol. The number of nitrogens with one attached hydrogen (secondary N) is 1. The zero-order chi connectivity index (χ0) is 15.6. The summed E-state index contributed by atoms with van der Waals surface area (Å²) in [4.78, 5) is -0.438. The minimum atomic E-state index is -3.34. The third-order valence-electron chi connectivity index (χ3n) is 2.68. The van der Waals surface area contributed by atoms with Crippen molar-refractivity contribution in [3.05, 3.63) is 29.8 Å². The lowest BCUT2D eigenvalue weighted by atomic mass is 10.2. The number of anilines is 1. The summed E-state index contributed by atoms with van der Waals surface area (Å²) in [6, 6.07) is 7.68. The van der Waals surface area contributed by atoms with Crippen LogP contribution >= 0.6 is 31.6 Å². The molecule has 1 unspecified atom stereocenters. The van der Waals surface area contributed by atoms with Gasteiger partial charge in [0.2, 0.25) is 0 Å². The van der Waals surface area contributed by atoms with E-state index in [-0.39, 0.29) is 12.2 Å². The molecule has 116 valence electrons. The summed E-state index contributed by atoms with van der Waals surface area (Å²) in [7, 11) is -3.34. The minimum absolute atomic E-state index is 0.189. The Morgan fingerprint density at radius 1 is 1.19 bits per heavy atom. The van der Waals surface area contributed by atoms with Crippen LogP contribution in [0.1, 0.15) is 38.2 Å². The van der Waals surface area contributed by atoms with Gasteiger partial charge in [0.05, 0.1) is 12.2 Å². The van der Waals surface area contributed by atoms with Gasteiger partial charge in [0.1, 0.15) is 9.31 Å². The number of thioether (sulfide) groups is 1. The first-order valence-electron chi connectivity index (χ1n) is 6.85. The topological polar surface area (TPSA) is 47.6 Å². The molecule has 0 bridgehead atoms. The predicted octanol–water partition coefficient (Wildman–Crippen LogP) is 5.17. The number of para-hydroxylation sites is 1. The zero-order valence-electron chi connectivity index (χ0n) is 12.5. The third kappa shape index (κ3) is 4.08. The molecule has 0 saturated carbocycles. The number of rotatable bonds is 5. The van der Waals surface area contributed by atoms with Crippen LogP contribution in [0.25, 0.3) is 0 Å². The molecular formula is C14H20NO3PS2. The van der Waals surface area contributed by atoms with Gasteiger partial charge in [-0.05, 0) is 33.8 Å². The van der Waals surface area contributed by atoms with Crippen LogP contribution < -0.4 is 5.32 Å². The summed E-state index contributed by atoms with van der Waals surface area (Å²) in [5, 5.41) is 3.13. The quantitative estimate of drug-likeness (QED) is 0.587. The monoisotopic (exact) mass is 345 g/mol. The standard InChI is InChI=1S/C14H20NO3PS2/c1-9(2)17-19(16,18-10(3)4)13-11-7-5-6-8-12(11)15-14(20)21-13/h5-10,13H,1-4H3,(H,15,20). The van der Waals surface area contributed by atoms with E-state index in [1.165, 1.54) is 11.8 Å². The van der Waals surface area contributed by atoms with Gasteiger partial charge in [-0.25, -0.2) is 0 Å². The average molecular weight is 345 g/mol. The summed E-state index contributed by atoms with van der Waals surface area (Å²) in [6.07, 6.45) is -0.378. The Morgan fingerprint density at radius 2 is 1.76 bits per heavy atom. The molecule has 0 spiro atoms. The summed E-state index contributed by atoms with van der Waals surface area (Å²) in [6.45, 7) is 7.41. The number of benzene rings is 1. The SMILES string of the molecule is CC(C)OP(=O)(OC(C)C)C1SC(=S)Nc2ccccc21. The van der Waals surface area contributed by atoms with Crippen LogP contribution in [0.3, 0.4) is 0 Å². The van der Waals surface area contributed by atoms with Crippen LogP contribution in [0.4, 0.5) is 5.69 Å². The molecule has 4 nitrogen and oxygen atoms in total. The van der Waals surface area contributed by atoms with Gasteiger partial charge in [-0.2, -0.15) is 0 Å². The highest BCUT2D eigenvalue weighted by Crippen LogP contribution is 2.69. The molecule has 0 aromatic heterocycles. The lowest BCUT2D eigenvalue weighted by Crippen LogP contribution is -2.20. The maximum atomic E-state index is 13.3. The lowest BCUT2D eigenvalue weighted by Gasteiger charge is -2.33. The van der Waals surface area contributed by atoms with E-state index in [0.717, 1.165) is 11.3 Å². The van der Waals surface area contributed by atoms with E-state index in [9.17, 15) is 4.57 Å². The first kappa shape index (κ1) is 17.0. The van der Waals surface area contributed by atoms with Gasteiger partial charge in [-0.3, -0.25) is 4.57 Å². The molecule has 0 radical (unpaired) electrons. The van der Waals surface area contributed by atoms with Crippen LogP contribution in [0.2, 0.25) is 0 Å². The second kappa shape index (κ2) is 6.80. The van der Waals surface area contributed by atoms with Crippen molar-refractivity contribution in [1.82, 2.24) is 0 Å². The summed E-state index contributed by atoms with van der Waals surface area (Å²) < 4.78 is 25.4. The van der Waals surface area contributed by atoms with Crippen molar-refractivity contribution < 1.29 is 13.6 Å². The van der Waals surface area contributed by atoms with Crippen LogP contribution in [-0.4, -0.2) is 16.5 Å². The lowest BCUT2D eigenvalue weighted by molar-refractivity contribution is 0.141. The van der Waals surface area contributed by atoms with Crippen LogP contribution in [0.5, 0.6) is 0 Å². The molecule has 1 N–H and O–H groups in total. The zero-order valence-corrected chi connectivity index (χ0v) is 15.1. The molecule has 1 heterocycles. The fourth-order valence-electron chi connectivity index (χ4n) is 2.09. The molecular weight excluding hydrogens is 325 g/mol. The number of thiocarbonyl (C=S) groups is 1. The number of hydrogen-bond donors (Lipinski definition) is 1.